The van der Waals surface area contributed by atoms with Crippen LogP contribution in [0.4, 0.5) is 0 Å². The number of amides is 1. The number of carbonyl (C=O) groups excluding carboxylic acids is 1. The number of hydrogen-bond donors (Lipinski definition) is 0. The molecule has 1 heterocycles. The standard InChI is InChI=1S/C19H24N2O3/c1-3-11-24-17-8-7-15(13-18(17)23-4-2)12-16(14-20)19(22)21-9-5-6-10-21/h7-8,12-13H,3-6,9-11H2,1-2H3/b16-12+. The monoisotopic (exact) mass is 328 g/mol. The molecule has 0 bridgehead atoms. The van der Waals surface area contributed by atoms with Crippen molar-refractivity contribution < 1.29 is 14.3 Å². The summed E-state index contributed by atoms with van der Waals surface area (Å²) < 4.78 is 11.3. The second kappa shape index (κ2) is 8.97. The molecule has 0 N–H and O–H groups in total. The zero-order valence-corrected chi connectivity index (χ0v) is 14.4. The molecule has 1 amide bonds. The molecule has 5 nitrogen and oxygen atoms in total. The number of benzene rings is 1. The van der Waals surface area contributed by atoms with Crippen molar-refractivity contribution in [2.75, 3.05) is 26.3 Å². The summed E-state index contributed by atoms with van der Waals surface area (Å²) in [5.41, 5.74) is 0.910. The maximum Gasteiger partial charge on any atom is 0.264 e. The first kappa shape index (κ1) is 17.9. The van der Waals surface area contributed by atoms with Crippen LogP contribution < -0.4 is 9.47 Å². The highest BCUT2D eigenvalue weighted by atomic mass is 16.5. The number of carbonyl (C=O) groups is 1. The van der Waals surface area contributed by atoms with Crippen LogP contribution in [0.3, 0.4) is 0 Å². The minimum absolute atomic E-state index is 0.154. The van der Waals surface area contributed by atoms with Crippen molar-refractivity contribution in [2.45, 2.75) is 33.1 Å². The average molecular weight is 328 g/mol. The molecular weight excluding hydrogens is 304 g/mol. The Morgan fingerprint density at radius 1 is 1.25 bits per heavy atom. The Morgan fingerprint density at radius 2 is 2.00 bits per heavy atom. The summed E-state index contributed by atoms with van der Waals surface area (Å²) in [6.45, 7) is 6.54. The molecule has 1 aliphatic rings. The zero-order chi connectivity index (χ0) is 17.4. The van der Waals surface area contributed by atoms with Gasteiger partial charge in [-0.2, -0.15) is 5.26 Å². The zero-order valence-electron chi connectivity index (χ0n) is 14.4. The van der Waals surface area contributed by atoms with Crippen molar-refractivity contribution in [1.29, 1.82) is 5.26 Å². The molecule has 0 unspecified atom stereocenters. The summed E-state index contributed by atoms with van der Waals surface area (Å²) in [6.07, 6.45) is 4.54. The molecule has 0 aromatic heterocycles. The highest BCUT2D eigenvalue weighted by Crippen LogP contribution is 2.29. The van der Waals surface area contributed by atoms with Gasteiger partial charge in [0.2, 0.25) is 0 Å². The van der Waals surface area contributed by atoms with E-state index in [9.17, 15) is 10.1 Å². The van der Waals surface area contributed by atoms with Crippen LogP contribution in [0, 0.1) is 11.3 Å². The van der Waals surface area contributed by atoms with E-state index in [-0.39, 0.29) is 11.5 Å². The van der Waals surface area contributed by atoms with Crippen LogP contribution >= 0.6 is 0 Å². The molecule has 24 heavy (non-hydrogen) atoms. The van der Waals surface area contributed by atoms with Crippen LogP contribution in [-0.2, 0) is 4.79 Å². The van der Waals surface area contributed by atoms with Crippen molar-refractivity contribution in [2.24, 2.45) is 0 Å². The molecule has 128 valence electrons. The van der Waals surface area contributed by atoms with Crippen LogP contribution in [0.25, 0.3) is 6.08 Å². The van der Waals surface area contributed by atoms with Gasteiger partial charge >= 0.3 is 0 Å². The van der Waals surface area contributed by atoms with E-state index in [2.05, 4.69) is 0 Å². The lowest BCUT2D eigenvalue weighted by molar-refractivity contribution is -0.125. The quantitative estimate of drug-likeness (QED) is 0.568. The molecule has 1 aliphatic heterocycles. The van der Waals surface area contributed by atoms with Crippen molar-refractivity contribution in [1.82, 2.24) is 4.90 Å². The second-order valence-electron chi connectivity index (χ2n) is 5.66. The van der Waals surface area contributed by atoms with Crippen LogP contribution in [-0.4, -0.2) is 37.1 Å². The van der Waals surface area contributed by atoms with Crippen molar-refractivity contribution in [3.05, 3.63) is 29.3 Å². The summed E-state index contributed by atoms with van der Waals surface area (Å²) in [6, 6.07) is 7.49. The first-order chi connectivity index (χ1) is 11.7. The molecule has 0 spiro atoms. The Balaban J connectivity index is 2.24. The second-order valence-corrected chi connectivity index (χ2v) is 5.66. The predicted octanol–water partition coefficient (Wildman–Crippen LogP) is 3.40. The van der Waals surface area contributed by atoms with E-state index in [4.69, 9.17) is 9.47 Å². The first-order valence-electron chi connectivity index (χ1n) is 8.50. The normalized spacial score (nSPS) is 14.4. The molecule has 0 atom stereocenters. The van der Waals surface area contributed by atoms with E-state index in [1.165, 1.54) is 0 Å². The minimum Gasteiger partial charge on any atom is -0.490 e. The largest absolute Gasteiger partial charge is 0.490 e. The van der Waals surface area contributed by atoms with E-state index in [0.717, 1.165) is 37.9 Å². The van der Waals surface area contributed by atoms with Gasteiger partial charge in [-0.25, -0.2) is 0 Å². The Morgan fingerprint density at radius 3 is 2.62 bits per heavy atom. The molecule has 0 aliphatic carbocycles. The lowest BCUT2D eigenvalue weighted by Crippen LogP contribution is -2.28. The van der Waals surface area contributed by atoms with E-state index < -0.39 is 0 Å². The molecule has 0 radical (unpaired) electrons. The summed E-state index contributed by atoms with van der Waals surface area (Å²) in [5.74, 6) is 1.12. The van der Waals surface area contributed by atoms with Gasteiger partial charge < -0.3 is 14.4 Å². The number of rotatable bonds is 7. The smallest absolute Gasteiger partial charge is 0.264 e. The summed E-state index contributed by atoms with van der Waals surface area (Å²) >= 11 is 0. The van der Waals surface area contributed by atoms with Crippen LogP contribution in [0.2, 0.25) is 0 Å². The Labute approximate surface area is 143 Å². The highest BCUT2D eigenvalue weighted by molar-refractivity contribution is 6.01. The van der Waals surface area contributed by atoms with E-state index in [0.29, 0.717) is 24.7 Å². The summed E-state index contributed by atoms with van der Waals surface area (Å²) in [4.78, 5) is 14.1. The Hall–Kier alpha value is -2.48. The molecule has 5 heteroatoms. The molecule has 1 saturated heterocycles. The lowest BCUT2D eigenvalue weighted by Gasteiger charge is -2.14. The van der Waals surface area contributed by atoms with Crippen LogP contribution in [0.15, 0.2) is 23.8 Å². The maximum atomic E-state index is 12.4. The summed E-state index contributed by atoms with van der Waals surface area (Å²) in [5, 5.41) is 9.34. The van der Waals surface area contributed by atoms with Crippen molar-refractivity contribution >= 4 is 12.0 Å². The van der Waals surface area contributed by atoms with E-state index in [1.54, 1.807) is 11.0 Å². The fourth-order valence-electron chi connectivity index (χ4n) is 2.61. The van der Waals surface area contributed by atoms with Crippen molar-refractivity contribution in [3.8, 4) is 17.6 Å². The topological polar surface area (TPSA) is 62.6 Å². The third-order valence-corrected chi connectivity index (χ3v) is 3.78. The predicted molar refractivity (Wildman–Crippen MR) is 92.8 cm³/mol. The van der Waals surface area contributed by atoms with Gasteiger partial charge in [-0.3, -0.25) is 4.79 Å². The highest BCUT2D eigenvalue weighted by Gasteiger charge is 2.21. The van der Waals surface area contributed by atoms with Crippen LogP contribution in [0.1, 0.15) is 38.7 Å². The van der Waals surface area contributed by atoms with Gasteiger partial charge in [0.05, 0.1) is 13.2 Å². The number of nitriles is 1. The van der Waals surface area contributed by atoms with Gasteiger partial charge in [-0.05, 0) is 50.0 Å². The molecule has 1 aromatic rings. The van der Waals surface area contributed by atoms with Crippen LogP contribution in [0.5, 0.6) is 11.5 Å². The number of ether oxygens (including phenoxy) is 2. The van der Waals surface area contributed by atoms with Crippen molar-refractivity contribution in [3.63, 3.8) is 0 Å². The third kappa shape index (κ3) is 4.51. The number of likely N-dealkylation sites (tertiary alicyclic amines) is 1. The number of nitrogens with zero attached hydrogens (tertiary/aromatic N) is 2. The van der Waals surface area contributed by atoms with Gasteiger partial charge in [0, 0.05) is 13.1 Å². The van der Waals surface area contributed by atoms with Gasteiger partial charge in [-0.1, -0.05) is 13.0 Å². The molecule has 1 fully saturated rings. The van der Waals surface area contributed by atoms with Gasteiger partial charge in [-0.15, -0.1) is 0 Å². The lowest BCUT2D eigenvalue weighted by atomic mass is 10.1. The summed E-state index contributed by atoms with van der Waals surface area (Å²) in [7, 11) is 0. The first-order valence-corrected chi connectivity index (χ1v) is 8.50. The average Bonchev–Trinajstić information content (AvgIpc) is 3.13. The minimum atomic E-state index is -0.195. The van der Waals surface area contributed by atoms with Gasteiger partial charge in [0.15, 0.2) is 11.5 Å². The maximum absolute atomic E-state index is 12.4. The Bertz CT molecular complexity index is 641. The van der Waals surface area contributed by atoms with Gasteiger partial charge in [0.1, 0.15) is 11.6 Å². The SMILES string of the molecule is CCCOc1ccc(/C=C(\C#N)C(=O)N2CCCC2)cc1OCC. The molecule has 1 aromatic carbocycles. The molecular formula is C19H24N2O3. The fourth-order valence-corrected chi connectivity index (χ4v) is 2.61. The Kier molecular flexibility index (Phi) is 6.68. The third-order valence-electron chi connectivity index (χ3n) is 3.78. The van der Waals surface area contributed by atoms with E-state index >= 15 is 0 Å². The molecule has 0 saturated carbocycles. The number of hydrogen-bond acceptors (Lipinski definition) is 4. The van der Waals surface area contributed by atoms with E-state index in [1.807, 2.05) is 38.1 Å². The van der Waals surface area contributed by atoms with Gasteiger partial charge in [0.25, 0.3) is 5.91 Å². The molecule has 2 rings (SSSR count). The fraction of sp³-hybridized carbons (Fsp3) is 0.474.